The summed E-state index contributed by atoms with van der Waals surface area (Å²) in [5.41, 5.74) is 1.61. The summed E-state index contributed by atoms with van der Waals surface area (Å²) in [6, 6.07) is 15.3. The fourth-order valence-corrected chi connectivity index (χ4v) is 2.70. The summed E-state index contributed by atoms with van der Waals surface area (Å²) in [7, 11) is 0. The maximum atomic E-state index is 12.8. The number of hydrogen-bond donors (Lipinski definition) is 1. The van der Waals surface area contributed by atoms with Crippen molar-refractivity contribution in [3.63, 3.8) is 0 Å². The third-order valence-corrected chi connectivity index (χ3v) is 3.97. The second kappa shape index (κ2) is 6.60. The van der Waals surface area contributed by atoms with Gasteiger partial charge in [-0.15, -0.1) is 0 Å². The summed E-state index contributed by atoms with van der Waals surface area (Å²) >= 11 is 0. The van der Waals surface area contributed by atoms with Crippen molar-refractivity contribution in [3.8, 4) is 0 Å². The van der Waals surface area contributed by atoms with E-state index in [1.807, 2.05) is 30.3 Å². The van der Waals surface area contributed by atoms with Gasteiger partial charge >= 0.3 is 0 Å². The van der Waals surface area contributed by atoms with Gasteiger partial charge in [-0.3, -0.25) is 9.59 Å². The first-order valence-corrected chi connectivity index (χ1v) is 7.54. The molecule has 0 aliphatic carbocycles. The van der Waals surface area contributed by atoms with Gasteiger partial charge < -0.3 is 10.2 Å². The Morgan fingerprint density at radius 1 is 1.13 bits per heavy atom. The smallest absolute Gasteiger partial charge is 0.239 e. The van der Waals surface area contributed by atoms with Crippen molar-refractivity contribution >= 4 is 17.5 Å². The van der Waals surface area contributed by atoms with Gasteiger partial charge in [-0.05, 0) is 36.2 Å². The van der Waals surface area contributed by atoms with E-state index in [9.17, 15) is 14.0 Å². The molecule has 0 bridgehead atoms. The van der Waals surface area contributed by atoms with Crippen LogP contribution < -0.4 is 10.2 Å². The Labute approximate surface area is 133 Å². The lowest BCUT2D eigenvalue weighted by Gasteiger charge is -2.16. The molecule has 4 nitrogen and oxygen atoms in total. The molecule has 1 saturated heterocycles. The number of para-hydroxylation sites is 1. The predicted octanol–water partition coefficient (Wildman–Crippen LogP) is 2.50. The Kier molecular flexibility index (Phi) is 4.37. The second-order valence-corrected chi connectivity index (χ2v) is 5.51. The van der Waals surface area contributed by atoms with E-state index in [-0.39, 0.29) is 24.2 Å². The van der Waals surface area contributed by atoms with Gasteiger partial charge in [-0.1, -0.05) is 30.3 Å². The first kappa shape index (κ1) is 15.2. The molecule has 23 heavy (non-hydrogen) atoms. The van der Waals surface area contributed by atoms with E-state index in [2.05, 4.69) is 5.32 Å². The molecule has 0 spiro atoms. The fourth-order valence-electron chi connectivity index (χ4n) is 2.70. The lowest BCUT2D eigenvalue weighted by molar-refractivity contribution is -0.132. The lowest BCUT2D eigenvalue weighted by Crippen LogP contribution is -2.36. The summed E-state index contributed by atoms with van der Waals surface area (Å²) in [5.74, 6) is -1.43. The van der Waals surface area contributed by atoms with Gasteiger partial charge in [-0.25, -0.2) is 4.39 Å². The summed E-state index contributed by atoms with van der Waals surface area (Å²) in [6.07, 6.45) is 0.503. The minimum atomic E-state index is -0.657. The van der Waals surface area contributed by atoms with Crippen LogP contribution in [0, 0.1) is 11.7 Å². The molecule has 2 aromatic rings. The number of benzene rings is 2. The van der Waals surface area contributed by atoms with Crippen LogP contribution in [0.25, 0.3) is 0 Å². The Morgan fingerprint density at radius 2 is 1.83 bits per heavy atom. The van der Waals surface area contributed by atoms with Crippen molar-refractivity contribution in [2.45, 2.75) is 13.0 Å². The molecule has 1 unspecified atom stereocenters. The van der Waals surface area contributed by atoms with Crippen LogP contribution in [0.3, 0.4) is 0 Å². The molecule has 0 saturated carbocycles. The van der Waals surface area contributed by atoms with E-state index in [1.165, 1.54) is 12.1 Å². The Hall–Kier alpha value is -2.69. The number of halogens is 1. The number of carbonyl (C=O) groups is 2. The molecule has 0 radical (unpaired) electrons. The normalized spacial score (nSPS) is 17.3. The van der Waals surface area contributed by atoms with Gasteiger partial charge in [0.15, 0.2) is 0 Å². The minimum absolute atomic E-state index is 0.173. The highest BCUT2D eigenvalue weighted by atomic mass is 19.1. The molecule has 1 N–H and O–H groups in total. The number of nitrogens with zero attached hydrogens (tertiary/aromatic N) is 1. The van der Waals surface area contributed by atoms with Crippen LogP contribution in [0.2, 0.25) is 0 Å². The summed E-state index contributed by atoms with van der Waals surface area (Å²) in [4.78, 5) is 26.3. The maximum absolute atomic E-state index is 12.8. The summed E-state index contributed by atoms with van der Waals surface area (Å²) < 4.78 is 12.8. The Bertz CT molecular complexity index is 701. The molecular formula is C18H17FN2O2. The fraction of sp³-hybridized carbons (Fsp3) is 0.222. The molecule has 2 aromatic carbocycles. The molecule has 1 aliphatic heterocycles. The SMILES string of the molecule is O=C(NCc1ccc(F)cc1)C1CCN(c2ccccc2)C1=O. The van der Waals surface area contributed by atoms with E-state index >= 15 is 0 Å². The number of anilines is 1. The van der Waals surface area contributed by atoms with Crippen LogP contribution in [0.15, 0.2) is 54.6 Å². The number of carbonyl (C=O) groups excluding carboxylic acids is 2. The topological polar surface area (TPSA) is 49.4 Å². The van der Waals surface area contributed by atoms with Crippen molar-refractivity contribution in [2.24, 2.45) is 5.92 Å². The monoisotopic (exact) mass is 312 g/mol. The number of amides is 2. The highest BCUT2D eigenvalue weighted by molar-refractivity contribution is 6.09. The molecule has 2 amide bonds. The largest absolute Gasteiger partial charge is 0.351 e. The van der Waals surface area contributed by atoms with Crippen molar-refractivity contribution in [3.05, 3.63) is 66.0 Å². The maximum Gasteiger partial charge on any atom is 0.239 e. The molecule has 5 heteroatoms. The zero-order valence-electron chi connectivity index (χ0n) is 12.5. The highest BCUT2D eigenvalue weighted by Crippen LogP contribution is 2.25. The Balaban J connectivity index is 1.60. The number of rotatable bonds is 4. The average Bonchev–Trinajstić information content (AvgIpc) is 2.96. The zero-order valence-corrected chi connectivity index (χ0v) is 12.5. The van der Waals surface area contributed by atoms with Crippen LogP contribution >= 0.6 is 0 Å². The Morgan fingerprint density at radius 3 is 2.52 bits per heavy atom. The molecule has 3 rings (SSSR count). The van der Waals surface area contributed by atoms with Crippen molar-refractivity contribution < 1.29 is 14.0 Å². The first-order chi connectivity index (χ1) is 11.1. The van der Waals surface area contributed by atoms with Gasteiger partial charge in [0.1, 0.15) is 11.7 Å². The second-order valence-electron chi connectivity index (χ2n) is 5.51. The van der Waals surface area contributed by atoms with Crippen LogP contribution in [0.4, 0.5) is 10.1 Å². The summed E-state index contributed by atoms with van der Waals surface area (Å²) in [6.45, 7) is 0.825. The van der Waals surface area contributed by atoms with Gasteiger partial charge in [0.25, 0.3) is 0 Å². The molecule has 1 aliphatic rings. The van der Waals surface area contributed by atoms with Gasteiger partial charge in [0.2, 0.25) is 11.8 Å². The van der Waals surface area contributed by atoms with Crippen LogP contribution in [-0.2, 0) is 16.1 Å². The average molecular weight is 312 g/mol. The van der Waals surface area contributed by atoms with Gasteiger partial charge in [0, 0.05) is 18.8 Å². The van der Waals surface area contributed by atoms with E-state index in [4.69, 9.17) is 0 Å². The number of nitrogens with one attached hydrogen (secondary N) is 1. The quantitative estimate of drug-likeness (QED) is 0.882. The minimum Gasteiger partial charge on any atom is -0.351 e. The van der Waals surface area contributed by atoms with Crippen LogP contribution in [-0.4, -0.2) is 18.4 Å². The first-order valence-electron chi connectivity index (χ1n) is 7.54. The molecule has 1 atom stereocenters. The van der Waals surface area contributed by atoms with E-state index in [1.54, 1.807) is 17.0 Å². The molecule has 118 valence electrons. The van der Waals surface area contributed by atoms with Crippen molar-refractivity contribution in [2.75, 3.05) is 11.4 Å². The van der Waals surface area contributed by atoms with Crippen LogP contribution in [0.5, 0.6) is 0 Å². The predicted molar refractivity (Wildman–Crippen MR) is 85.1 cm³/mol. The standard InChI is InChI=1S/C18H17FN2O2/c19-14-8-6-13(7-9-14)12-20-17(22)16-10-11-21(18(16)23)15-4-2-1-3-5-15/h1-9,16H,10-12H2,(H,20,22). The third-order valence-electron chi connectivity index (χ3n) is 3.97. The third kappa shape index (κ3) is 3.39. The summed E-state index contributed by atoms with van der Waals surface area (Å²) in [5, 5.41) is 2.75. The van der Waals surface area contributed by atoms with Gasteiger partial charge in [-0.2, -0.15) is 0 Å². The number of hydrogen-bond acceptors (Lipinski definition) is 2. The van der Waals surface area contributed by atoms with E-state index in [0.717, 1.165) is 11.3 Å². The molecule has 0 aromatic heterocycles. The molecular weight excluding hydrogens is 295 g/mol. The van der Waals surface area contributed by atoms with E-state index in [0.29, 0.717) is 13.0 Å². The molecule has 1 heterocycles. The molecule has 1 fully saturated rings. The van der Waals surface area contributed by atoms with Crippen molar-refractivity contribution in [1.29, 1.82) is 0 Å². The van der Waals surface area contributed by atoms with Gasteiger partial charge in [0.05, 0.1) is 0 Å². The van der Waals surface area contributed by atoms with E-state index < -0.39 is 5.92 Å². The lowest BCUT2D eigenvalue weighted by atomic mass is 10.1. The zero-order chi connectivity index (χ0) is 16.2. The van der Waals surface area contributed by atoms with Crippen LogP contribution in [0.1, 0.15) is 12.0 Å². The van der Waals surface area contributed by atoms with Crippen molar-refractivity contribution in [1.82, 2.24) is 5.32 Å². The highest BCUT2D eigenvalue weighted by Gasteiger charge is 2.37.